The maximum absolute atomic E-state index is 6.34. The van der Waals surface area contributed by atoms with Crippen LogP contribution in [0, 0.1) is 0 Å². The van der Waals surface area contributed by atoms with Gasteiger partial charge >= 0.3 is 0 Å². The van der Waals surface area contributed by atoms with Crippen molar-refractivity contribution < 1.29 is 4.74 Å². The number of unbranched alkanes of at least 4 members (excludes halogenated alkanes) is 9. The first kappa shape index (κ1) is 23.4. The van der Waals surface area contributed by atoms with Crippen LogP contribution in [0.5, 0.6) is 5.75 Å². The van der Waals surface area contributed by atoms with Gasteiger partial charge in [-0.15, -0.1) is 0 Å². The third kappa shape index (κ3) is 7.12. The molecule has 0 spiro atoms. The highest BCUT2D eigenvalue weighted by molar-refractivity contribution is 5.76. The van der Waals surface area contributed by atoms with Crippen LogP contribution in [0.3, 0.4) is 0 Å². The molecular formula is C28H40N2O. The van der Waals surface area contributed by atoms with Crippen LogP contribution >= 0.6 is 0 Å². The average Bonchev–Trinajstić information content (AvgIpc) is 3.18. The van der Waals surface area contributed by atoms with E-state index in [1.165, 1.54) is 69.7 Å². The Labute approximate surface area is 188 Å². The van der Waals surface area contributed by atoms with Crippen molar-refractivity contribution in [1.29, 1.82) is 0 Å². The van der Waals surface area contributed by atoms with Crippen molar-refractivity contribution >= 4 is 11.0 Å². The molecule has 0 aliphatic rings. The number of rotatable bonds is 15. The first-order valence-electron chi connectivity index (χ1n) is 12.5. The number of nitrogens with zero attached hydrogens (tertiary/aromatic N) is 2. The minimum atomic E-state index is -0.0297. The number of hydrogen-bond acceptors (Lipinski definition) is 2. The van der Waals surface area contributed by atoms with Gasteiger partial charge in [-0.3, -0.25) is 0 Å². The summed E-state index contributed by atoms with van der Waals surface area (Å²) in [6, 6.07) is 18.6. The molecule has 31 heavy (non-hydrogen) atoms. The quantitative estimate of drug-likeness (QED) is 0.230. The molecule has 168 valence electrons. The van der Waals surface area contributed by atoms with Crippen molar-refractivity contribution in [2.24, 2.45) is 0 Å². The Balaban J connectivity index is 1.56. The molecular weight excluding hydrogens is 380 g/mol. The van der Waals surface area contributed by atoms with E-state index in [9.17, 15) is 0 Å². The van der Waals surface area contributed by atoms with Crippen LogP contribution in [0.1, 0.15) is 96.4 Å². The third-order valence-corrected chi connectivity index (χ3v) is 6.10. The highest BCUT2D eigenvalue weighted by Crippen LogP contribution is 2.28. The standard InChI is InChI=1S/C28H40N2O/c1-3-5-6-7-8-9-10-11-12-18-23-30-26-22-17-16-21-25(26)29-28(30)27(4-2)31-24-19-14-13-15-20-24/h13-17,19-22,27H,3-12,18,23H2,1-2H3. The molecule has 1 aromatic heterocycles. The van der Waals surface area contributed by atoms with E-state index < -0.39 is 0 Å². The van der Waals surface area contributed by atoms with Crippen molar-refractivity contribution in [2.45, 2.75) is 97.1 Å². The Morgan fingerprint density at radius 1 is 0.742 bits per heavy atom. The first-order valence-corrected chi connectivity index (χ1v) is 12.5. The monoisotopic (exact) mass is 420 g/mol. The molecule has 0 aliphatic heterocycles. The van der Waals surface area contributed by atoms with Crippen LogP contribution in [0.4, 0.5) is 0 Å². The van der Waals surface area contributed by atoms with E-state index in [2.05, 4.69) is 42.7 Å². The molecule has 0 fully saturated rings. The topological polar surface area (TPSA) is 27.1 Å². The number of fused-ring (bicyclic) bond motifs is 1. The van der Waals surface area contributed by atoms with Gasteiger partial charge in [0.25, 0.3) is 0 Å². The van der Waals surface area contributed by atoms with Gasteiger partial charge in [-0.25, -0.2) is 4.98 Å². The Morgan fingerprint density at radius 2 is 1.35 bits per heavy atom. The molecule has 1 unspecified atom stereocenters. The Bertz CT molecular complexity index is 871. The molecule has 0 amide bonds. The zero-order valence-corrected chi connectivity index (χ0v) is 19.6. The van der Waals surface area contributed by atoms with E-state index >= 15 is 0 Å². The second kappa shape index (κ2) is 13.2. The van der Waals surface area contributed by atoms with Crippen LogP contribution in [0.25, 0.3) is 11.0 Å². The van der Waals surface area contributed by atoms with Gasteiger partial charge in [0, 0.05) is 6.54 Å². The molecule has 0 N–H and O–H groups in total. The molecule has 3 rings (SSSR count). The number of hydrogen-bond donors (Lipinski definition) is 0. The highest BCUT2D eigenvalue weighted by atomic mass is 16.5. The van der Waals surface area contributed by atoms with Crippen molar-refractivity contribution in [3.63, 3.8) is 0 Å². The largest absolute Gasteiger partial charge is 0.483 e. The SMILES string of the molecule is CCCCCCCCCCCCn1c(C(CC)Oc2ccccc2)nc2ccccc21. The van der Waals surface area contributed by atoms with Gasteiger partial charge < -0.3 is 9.30 Å². The van der Waals surface area contributed by atoms with Crippen LogP contribution < -0.4 is 4.74 Å². The summed E-state index contributed by atoms with van der Waals surface area (Å²) in [4.78, 5) is 4.98. The lowest BCUT2D eigenvalue weighted by Gasteiger charge is -2.19. The summed E-state index contributed by atoms with van der Waals surface area (Å²) in [5.41, 5.74) is 2.29. The minimum Gasteiger partial charge on any atom is -0.483 e. The summed E-state index contributed by atoms with van der Waals surface area (Å²) >= 11 is 0. The van der Waals surface area contributed by atoms with Gasteiger partial charge in [-0.05, 0) is 37.1 Å². The second-order valence-electron chi connectivity index (χ2n) is 8.62. The molecule has 3 heteroatoms. The average molecular weight is 421 g/mol. The predicted molar refractivity (Wildman–Crippen MR) is 132 cm³/mol. The van der Waals surface area contributed by atoms with Gasteiger partial charge in [0.15, 0.2) is 11.9 Å². The van der Waals surface area contributed by atoms with Crippen molar-refractivity contribution in [3.8, 4) is 5.75 Å². The van der Waals surface area contributed by atoms with E-state index in [0.29, 0.717) is 0 Å². The van der Waals surface area contributed by atoms with E-state index in [-0.39, 0.29) is 6.10 Å². The number of aromatic nitrogens is 2. The van der Waals surface area contributed by atoms with Gasteiger partial charge in [0.1, 0.15) is 5.75 Å². The Kier molecular flexibility index (Phi) is 9.95. The molecule has 0 saturated carbocycles. The van der Waals surface area contributed by atoms with Crippen molar-refractivity contribution in [1.82, 2.24) is 9.55 Å². The molecule has 2 aromatic carbocycles. The molecule has 3 aromatic rings. The van der Waals surface area contributed by atoms with Gasteiger partial charge in [0.2, 0.25) is 0 Å². The van der Waals surface area contributed by atoms with E-state index in [4.69, 9.17) is 9.72 Å². The molecule has 0 radical (unpaired) electrons. The summed E-state index contributed by atoms with van der Waals surface area (Å²) < 4.78 is 8.74. The number of benzene rings is 2. The minimum absolute atomic E-state index is 0.0297. The normalized spacial score (nSPS) is 12.3. The Hall–Kier alpha value is -2.29. The van der Waals surface area contributed by atoms with Gasteiger partial charge in [-0.2, -0.15) is 0 Å². The lowest BCUT2D eigenvalue weighted by Crippen LogP contribution is -2.14. The van der Waals surface area contributed by atoms with Gasteiger partial charge in [0.05, 0.1) is 11.0 Å². The molecule has 0 saturated heterocycles. The number of imidazole rings is 1. The smallest absolute Gasteiger partial charge is 0.156 e. The highest BCUT2D eigenvalue weighted by Gasteiger charge is 2.20. The summed E-state index contributed by atoms with van der Waals surface area (Å²) in [6.45, 7) is 5.48. The maximum atomic E-state index is 6.34. The van der Waals surface area contributed by atoms with Crippen LogP contribution in [-0.4, -0.2) is 9.55 Å². The molecule has 1 heterocycles. The fourth-order valence-corrected chi connectivity index (χ4v) is 4.31. The van der Waals surface area contributed by atoms with Crippen molar-refractivity contribution in [3.05, 3.63) is 60.4 Å². The summed E-state index contributed by atoms with van der Waals surface area (Å²) in [5.74, 6) is 1.97. The zero-order valence-electron chi connectivity index (χ0n) is 19.6. The maximum Gasteiger partial charge on any atom is 0.156 e. The van der Waals surface area contributed by atoms with Crippen LogP contribution in [0.15, 0.2) is 54.6 Å². The number of ether oxygens (including phenoxy) is 1. The summed E-state index contributed by atoms with van der Waals surface area (Å²) in [6.07, 6.45) is 14.4. The van der Waals surface area contributed by atoms with Crippen LogP contribution in [-0.2, 0) is 6.54 Å². The van der Waals surface area contributed by atoms with E-state index in [1.807, 2.05) is 30.3 Å². The van der Waals surface area contributed by atoms with E-state index in [0.717, 1.165) is 30.1 Å². The summed E-state index contributed by atoms with van der Waals surface area (Å²) in [7, 11) is 0. The molecule has 3 nitrogen and oxygen atoms in total. The zero-order chi connectivity index (χ0) is 21.7. The molecule has 0 aliphatic carbocycles. The lowest BCUT2D eigenvalue weighted by atomic mass is 10.1. The Morgan fingerprint density at radius 3 is 2.03 bits per heavy atom. The third-order valence-electron chi connectivity index (χ3n) is 6.10. The second-order valence-corrected chi connectivity index (χ2v) is 8.62. The van der Waals surface area contributed by atoms with Crippen LogP contribution in [0.2, 0.25) is 0 Å². The van der Waals surface area contributed by atoms with Crippen molar-refractivity contribution in [2.75, 3.05) is 0 Å². The fraction of sp³-hybridized carbons (Fsp3) is 0.536. The lowest BCUT2D eigenvalue weighted by molar-refractivity contribution is 0.186. The molecule has 1 atom stereocenters. The number of aryl methyl sites for hydroxylation is 1. The van der Waals surface area contributed by atoms with E-state index in [1.54, 1.807) is 0 Å². The summed E-state index contributed by atoms with van der Waals surface area (Å²) in [5, 5.41) is 0. The first-order chi connectivity index (χ1) is 15.3. The predicted octanol–water partition coefficient (Wildman–Crippen LogP) is 8.49. The fourth-order valence-electron chi connectivity index (χ4n) is 4.31. The number of para-hydroxylation sites is 3. The molecule has 0 bridgehead atoms. The van der Waals surface area contributed by atoms with Gasteiger partial charge in [-0.1, -0.05) is 102 Å².